The molecular formula is C33H39F9N6O7. The number of hydrogen-bond donors (Lipinski definition) is 0. The van der Waals surface area contributed by atoms with E-state index in [1.54, 1.807) is 20.8 Å². The van der Waals surface area contributed by atoms with Gasteiger partial charge in [-0.25, -0.2) is 9.59 Å². The molecule has 3 aliphatic rings. The van der Waals surface area contributed by atoms with E-state index in [1.165, 1.54) is 9.80 Å². The summed E-state index contributed by atoms with van der Waals surface area (Å²) in [6.45, 7) is 5.03. The first kappa shape index (κ1) is 41.8. The van der Waals surface area contributed by atoms with Gasteiger partial charge in [-0.3, -0.25) is 14.6 Å². The van der Waals surface area contributed by atoms with Crippen LogP contribution in [0.2, 0.25) is 0 Å². The Morgan fingerprint density at radius 1 is 0.891 bits per heavy atom. The van der Waals surface area contributed by atoms with Gasteiger partial charge in [0.25, 0.3) is 5.91 Å². The monoisotopic (exact) mass is 802 g/mol. The molecule has 3 fully saturated rings. The number of benzene rings is 1. The summed E-state index contributed by atoms with van der Waals surface area (Å²) in [5.41, 5.74) is -8.74. The molecule has 0 atom stereocenters. The predicted molar refractivity (Wildman–Crippen MR) is 170 cm³/mol. The van der Waals surface area contributed by atoms with Crippen LogP contribution in [-0.4, -0.2) is 130 Å². The summed E-state index contributed by atoms with van der Waals surface area (Å²) in [6, 6.07) is 1.05. The number of carbonyl (C=O) groups is 3. The second kappa shape index (κ2) is 15.0. The molecule has 1 aromatic heterocycles. The van der Waals surface area contributed by atoms with E-state index in [0.29, 0.717) is 45.0 Å². The summed E-state index contributed by atoms with van der Waals surface area (Å²) in [5.74, 6) is -2.79. The summed E-state index contributed by atoms with van der Waals surface area (Å²) >= 11 is 0. The van der Waals surface area contributed by atoms with E-state index in [2.05, 4.69) is 19.8 Å². The van der Waals surface area contributed by atoms with Crippen LogP contribution in [0.4, 0.5) is 49.1 Å². The number of rotatable bonds is 9. The van der Waals surface area contributed by atoms with Crippen molar-refractivity contribution in [1.29, 1.82) is 0 Å². The SMILES string of the molecule is CC(C)(C)OC(=O)N1CCC2(CC1)C(=O)N(Cc1nc(-c3ccc(OCC(C)(C(F)(F)F)C(F)(F)F)c(C(F)(F)F)c3)no1)C(=O)N2CCN1CCOCC1. The standard InChI is InChI=1S/C33H39F9N6O7/c1-28(2,3)54-27(51)46-9-7-30(8-10-46)25(49)47(26(50)48(30)12-11-45-13-15-52-16-14-45)18-23-43-24(44-55-23)20-5-6-22(21(17-20)31(34,35)36)53-19-29(4,32(37,38)39)33(40,41)42/h5-6,17H,7-16,18-19H2,1-4H3. The quantitative estimate of drug-likeness (QED) is 0.216. The molecule has 2 aromatic rings. The van der Waals surface area contributed by atoms with Crippen molar-refractivity contribution < 1.29 is 72.6 Å². The van der Waals surface area contributed by atoms with Gasteiger partial charge in [0.15, 0.2) is 5.41 Å². The first-order chi connectivity index (χ1) is 25.4. The molecule has 13 nitrogen and oxygen atoms in total. The van der Waals surface area contributed by atoms with Crippen LogP contribution in [-0.2, 0) is 27.0 Å². The molecule has 3 saturated heterocycles. The Labute approximate surface area is 308 Å². The normalized spacial score (nSPS) is 19.1. The first-order valence-electron chi connectivity index (χ1n) is 17.1. The molecule has 3 aliphatic heterocycles. The van der Waals surface area contributed by atoms with E-state index < -0.39 is 89.0 Å². The fourth-order valence-corrected chi connectivity index (χ4v) is 6.30. The minimum absolute atomic E-state index is 0.0746. The lowest BCUT2D eigenvalue weighted by molar-refractivity contribution is -0.340. The van der Waals surface area contributed by atoms with E-state index in [0.717, 1.165) is 11.0 Å². The molecule has 0 bridgehead atoms. The lowest BCUT2D eigenvalue weighted by Gasteiger charge is -2.42. The van der Waals surface area contributed by atoms with Crippen molar-refractivity contribution in [2.75, 3.05) is 59.1 Å². The van der Waals surface area contributed by atoms with Crippen molar-refractivity contribution in [3.63, 3.8) is 0 Å². The van der Waals surface area contributed by atoms with Crippen LogP contribution in [0.1, 0.15) is 52.0 Å². The number of ether oxygens (including phenoxy) is 3. The number of piperidine rings is 1. The third-order valence-corrected chi connectivity index (χ3v) is 9.68. The third kappa shape index (κ3) is 8.73. The van der Waals surface area contributed by atoms with Crippen molar-refractivity contribution in [3.8, 4) is 17.1 Å². The molecule has 306 valence electrons. The molecular weight excluding hydrogens is 763 g/mol. The average molecular weight is 803 g/mol. The van der Waals surface area contributed by atoms with Crippen LogP contribution >= 0.6 is 0 Å². The summed E-state index contributed by atoms with van der Waals surface area (Å²) < 4.78 is 143. The van der Waals surface area contributed by atoms with Gasteiger partial charge in [-0.1, -0.05) is 5.16 Å². The fraction of sp³-hybridized carbons (Fsp3) is 0.667. The second-order valence-corrected chi connectivity index (χ2v) is 14.6. The minimum Gasteiger partial charge on any atom is -0.492 e. The Balaban J connectivity index is 1.36. The van der Waals surface area contributed by atoms with E-state index >= 15 is 0 Å². The van der Waals surface area contributed by atoms with Crippen LogP contribution in [0.5, 0.6) is 5.75 Å². The van der Waals surface area contributed by atoms with Crippen LogP contribution in [0.3, 0.4) is 0 Å². The molecule has 0 unspecified atom stereocenters. The van der Waals surface area contributed by atoms with Crippen molar-refractivity contribution in [1.82, 2.24) is 29.7 Å². The van der Waals surface area contributed by atoms with Gasteiger partial charge in [-0.05, 0) is 58.7 Å². The maximum atomic E-state index is 14.1. The number of likely N-dealkylation sites (tertiary alicyclic amines) is 1. The van der Waals surface area contributed by atoms with Gasteiger partial charge in [-0.2, -0.15) is 44.5 Å². The van der Waals surface area contributed by atoms with E-state index in [4.69, 9.17) is 14.0 Å². The van der Waals surface area contributed by atoms with Crippen molar-refractivity contribution >= 4 is 18.0 Å². The highest BCUT2D eigenvalue weighted by Crippen LogP contribution is 2.51. The molecule has 22 heteroatoms. The predicted octanol–water partition coefficient (Wildman–Crippen LogP) is 6.13. The molecule has 5 rings (SSSR count). The molecule has 0 saturated carbocycles. The molecule has 4 heterocycles. The maximum absolute atomic E-state index is 14.1. The smallest absolute Gasteiger partial charge is 0.419 e. The molecule has 55 heavy (non-hydrogen) atoms. The number of carbonyl (C=O) groups excluding carboxylic acids is 3. The lowest BCUT2D eigenvalue weighted by atomic mass is 9.86. The van der Waals surface area contributed by atoms with E-state index in [-0.39, 0.29) is 45.3 Å². The summed E-state index contributed by atoms with van der Waals surface area (Å²) in [4.78, 5) is 50.6. The zero-order valence-electron chi connectivity index (χ0n) is 30.2. The Kier molecular flexibility index (Phi) is 11.4. The Morgan fingerprint density at radius 3 is 2.07 bits per heavy atom. The topological polar surface area (TPSA) is 131 Å². The van der Waals surface area contributed by atoms with Crippen molar-refractivity contribution in [3.05, 3.63) is 29.7 Å². The lowest BCUT2D eigenvalue weighted by Crippen LogP contribution is -2.58. The van der Waals surface area contributed by atoms with Gasteiger partial charge in [-0.15, -0.1) is 0 Å². The largest absolute Gasteiger partial charge is 0.492 e. The molecule has 0 aliphatic carbocycles. The van der Waals surface area contributed by atoms with Crippen molar-refractivity contribution in [2.24, 2.45) is 5.41 Å². The Bertz CT molecular complexity index is 1710. The minimum atomic E-state index is -5.90. The number of imide groups is 1. The number of alkyl halides is 9. The summed E-state index contributed by atoms with van der Waals surface area (Å²) in [6.07, 6.45) is -17.5. The Morgan fingerprint density at radius 2 is 1.51 bits per heavy atom. The number of nitrogens with zero attached hydrogens (tertiary/aromatic N) is 6. The average Bonchev–Trinajstić information content (AvgIpc) is 3.62. The molecule has 0 radical (unpaired) electrons. The van der Waals surface area contributed by atoms with Gasteiger partial charge in [0.2, 0.25) is 11.7 Å². The molecule has 0 N–H and O–H groups in total. The summed E-state index contributed by atoms with van der Waals surface area (Å²) in [7, 11) is 0. The number of aromatic nitrogens is 2. The molecule has 4 amide bonds. The first-order valence-corrected chi connectivity index (χ1v) is 17.1. The van der Waals surface area contributed by atoms with E-state index in [9.17, 15) is 53.9 Å². The number of amides is 4. The molecule has 1 spiro atoms. The number of morpholine rings is 1. The summed E-state index contributed by atoms with van der Waals surface area (Å²) in [5, 5.41) is 3.63. The number of urea groups is 1. The van der Waals surface area contributed by atoms with Crippen LogP contribution in [0.25, 0.3) is 11.4 Å². The Hall–Kier alpha value is -4.34. The van der Waals surface area contributed by atoms with Gasteiger partial charge < -0.3 is 28.5 Å². The zero-order valence-corrected chi connectivity index (χ0v) is 30.2. The number of hydrogen-bond acceptors (Lipinski definition) is 10. The van der Waals surface area contributed by atoms with Gasteiger partial charge in [0.1, 0.15) is 30.0 Å². The van der Waals surface area contributed by atoms with Crippen molar-refractivity contribution in [2.45, 2.75) is 76.8 Å². The second-order valence-electron chi connectivity index (χ2n) is 14.6. The van der Waals surface area contributed by atoms with Crippen LogP contribution in [0.15, 0.2) is 22.7 Å². The van der Waals surface area contributed by atoms with Crippen LogP contribution < -0.4 is 4.74 Å². The number of halogens is 9. The highest BCUT2D eigenvalue weighted by molar-refractivity contribution is 6.07. The van der Waals surface area contributed by atoms with Crippen LogP contribution in [0, 0.1) is 5.41 Å². The van der Waals surface area contributed by atoms with Gasteiger partial charge in [0.05, 0.1) is 18.8 Å². The highest BCUT2D eigenvalue weighted by Gasteiger charge is 2.68. The maximum Gasteiger partial charge on any atom is 0.419 e. The van der Waals surface area contributed by atoms with Gasteiger partial charge >= 0.3 is 30.7 Å². The fourth-order valence-electron chi connectivity index (χ4n) is 6.30. The van der Waals surface area contributed by atoms with E-state index in [1.807, 2.05) is 0 Å². The third-order valence-electron chi connectivity index (χ3n) is 9.68. The highest BCUT2D eigenvalue weighted by atomic mass is 19.4. The zero-order chi connectivity index (χ0) is 40.8. The molecule has 1 aromatic carbocycles. The van der Waals surface area contributed by atoms with Gasteiger partial charge in [0, 0.05) is 44.8 Å².